The Bertz CT molecular complexity index is 201. The fraction of sp³-hybridized carbons (Fsp3) is 1.00. The highest BCUT2D eigenvalue weighted by Gasteiger charge is 2.50. The van der Waals surface area contributed by atoms with Gasteiger partial charge in [-0.1, -0.05) is 12.8 Å². The zero-order valence-corrected chi connectivity index (χ0v) is 7.76. The molecule has 3 fully saturated rings. The molecule has 0 spiro atoms. The maximum Gasteiger partial charge on any atom is 0.0185 e. The van der Waals surface area contributed by atoms with Gasteiger partial charge in [0.15, 0.2) is 0 Å². The molecule has 4 bridgehead atoms. The van der Waals surface area contributed by atoms with Crippen LogP contribution >= 0.6 is 0 Å². The van der Waals surface area contributed by atoms with E-state index in [1.165, 1.54) is 44.9 Å². The van der Waals surface area contributed by atoms with Crippen molar-refractivity contribution in [2.45, 2.75) is 50.5 Å². The van der Waals surface area contributed by atoms with Crippen LogP contribution in [0.15, 0.2) is 0 Å². The SMILES string of the molecule is NC12CCCC(C1)C1CCC2C1. The topological polar surface area (TPSA) is 26.0 Å². The molecule has 0 amide bonds. The smallest absolute Gasteiger partial charge is 0.0185 e. The first-order valence-corrected chi connectivity index (χ1v) is 5.57. The molecule has 0 radical (unpaired) electrons. The summed E-state index contributed by atoms with van der Waals surface area (Å²) in [4.78, 5) is 0. The maximum atomic E-state index is 6.48. The molecule has 3 rings (SSSR count). The van der Waals surface area contributed by atoms with Gasteiger partial charge in [-0.3, -0.25) is 0 Å². The van der Waals surface area contributed by atoms with Gasteiger partial charge in [-0.15, -0.1) is 0 Å². The van der Waals surface area contributed by atoms with Crippen molar-refractivity contribution >= 4 is 0 Å². The first kappa shape index (κ1) is 7.37. The monoisotopic (exact) mass is 165 g/mol. The Balaban J connectivity index is 1.94. The molecular formula is C11H19N. The van der Waals surface area contributed by atoms with E-state index in [2.05, 4.69) is 0 Å². The molecule has 0 aromatic rings. The highest BCUT2D eigenvalue weighted by Crippen LogP contribution is 2.54. The third-order valence-electron chi connectivity index (χ3n) is 4.81. The lowest BCUT2D eigenvalue weighted by Crippen LogP contribution is -2.52. The Morgan fingerprint density at radius 1 is 1.08 bits per heavy atom. The van der Waals surface area contributed by atoms with E-state index in [0.717, 1.165) is 17.8 Å². The van der Waals surface area contributed by atoms with E-state index in [4.69, 9.17) is 5.73 Å². The van der Waals surface area contributed by atoms with Gasteiger partial charge in [0.05, 0.1) is 0 Å². The molecule has 12 heavy (non-hydrogen) atoms. The van der Waals surface area contributed by atoms with Crippen molar-refractivity contribution in [3.05, 3.63) is 0 Å². The Hall–Kier alpha value is -0.0400. The third kappa shape index (κ3) is 0.834. The number of hydrogen-bond donors (Lipinski definition) is 1. The summed E-state index contributed by atoms with van der Waals surface area (Å²) in [5.41, 5.74) is 6.77. The summed E-state index contributed by atoms with van der Waals surface area (Å²) < 4.78 is 0. The summed E-state index contributed by atoms with van der Waals surface area (Å²) in [6.45, 7) is 0. The number of hydrogen-bond acceptors (Lipinski definition) is 1. The molecule has 0 heterocycles. The van der Waals surface area contributed by atoms with Crippen LogP contribution in [-0.4, -0.2) is 5.54 Å². The predicted octanol–water partition coefficient (Wildman–Crippen LogP) is 2.30. The van der Waals surface area contributed by atoms with Crippen LogP contribution < -0.4 is 5.73 Å². The van der Waals surface area contributed by atoms with Crippen molar-refractivity contribution in [3.8, 4) is 0 Å². The van der Waals surface area contributed by atoms with Crippen molar-refractivity contribution in [2.24, 2.45) is 23.5 Å². The summed E-state index contributed by atoms with van der Waals surface area (Å²) in [6, 6.07) is 0. The van der Waals surface area contributed by atoms with Crippen LogP contribution in [0.5, 0.6) is 0 Å². The van der Waals surface area contributed by atoms with Gasteiger partial charge in [0, 0.05) is 5.54 Å². The molecule has 2 N–H and O–H groups in total. The summed E-state index contributed by atoms with van der Waals surface area (Å²) in [7, 11) is 0. The van der Waals surface area contributed by atoms with E-state index in [-0.39, 0.29) is 5.54 Å². The molecule has 4 unspecified atom stereocenters. The molecule has 3 aliphatic carbocycles. The van der Waals surface area contributed by atoms with E-state index in [1.807, 2.05) is 0 Å². The predicted molar refractivity (Wildman–Crippen MR) is 49.7 cm³/mol. The fourth-order valence-corrected chi connectivity index (χ4v) is 4.13. The average Bonchev–Trinajstić information content (AvgIpc) is 2.49. The minimum absolute atomic E-state index is 0.288. The molecule has 0 aliphatic heterocycles. The van der Waals surface area contributed by atoms with Crippen LogP contribution in [0.3, 0.4) is 0 Å². The van der Waals surface area contributed by atoms with Gasteiger partial charge < -0.3 is 5.73 Å². The Morgan fingerprint density at radius 2 is 2.00 bits per heavy atom. The highest BCUT2D eigenvalue weighted by atomic mass is 14.8. The third-order valence-corrected chi connectivity index (χ3v) is 4.81. The van der Waals surface area contributed by atoms with Gasteiger partial charge >= 0.3 is 0 Å². The van der Waals surface area contributed by atoms with Gasteiger partial charge in [-0.2, -0.15) is 0 Å². The minimum atomic E-state index is 0.288. The van der Waals surface area contributed by atoms with Gasteiger partial charge in [0.25, 0.3) is 0 Å². The molecule has 4 atom stereocenters. The highest BCUT2D eigenvalue weighted by molar-refractivity contribution is 5.05. The molecule has 3 saturated carbocycles. The van der Waals surface area contributed by atoms with Crippen LogP contribution in [0.25, 0.3) is 0 Å². The molecule has 1 heteroatoms. The van der Waals surface area contributed by atoms with Crippen LogP contribution in [0.1, 0.15) is 44.9 Å². The Morgan fingerprint density at radius 3 is 2.92 bits per heavy atom. The number of rotatable bonds is 0. The second kappa shape index (κ2) is 2.25. The largest absolute Gasteiger partial charge is 0.325 e. The fourth-order valence-electron chi connectivity index (χ4n) is 4.13. The first-order valence-electron chi connectivity index (χ1n) is 5.57. The van der Waals surface area contributed by atoms with Gasteiger partial charge in [-0.25, -0.2) is 0 Å². The normalized spacial score (nSPS) is 57.2. The van der Waals surface area contributed by atoms with E-state index >= 15 is 0 Å². The zero-order valence-electron chi connectivity index (χ0n) is 7.76. The number of nitrogens with two attached hydrogens (primary N) is 1. The van der Waals surface area contributed by atoms with Gasteiger partial charge in [-0.05, 0) is 49.9 Å². The molecule has 0 saturated heterocycles. The molecule has 0 aromatic heterocycles. The summed E-state index contributed by atoms with van der Waals surface area (Å²) in [5, 5.41) is 0. The second-order valence-corrected chi connectivity index (χ2v) is 5.36. The lowest BCUT2D eigenvalue weighted by atomic mass is 9.62. The van der Waals surface area contributed by atoms with E-state index in [1.54, 1.807) is 0 Å². The summed E-state index contributed by atoms with van der Waals surface area (Å²) in [6.07, 6.45) is 9.99. The quantitative estimate of drug-likeness (QED) is 0.585. The van der Waals surface area contributed by atoms with Crippen LogP contribution in [-0.2, 0) is 0 Å². The van der Waals surface area contributed by atoms with Crippen molar-refractivity contribution < 1.29 is 0 Å². The van der Waals surface area contributed by atoms with E-state index in [9.17, 15) is 0 Å². The Labute approximate surface area is 74.7 Å². The summed E-state index contributed by atoms with van der Waals surface area (Å²) in [5.74, 6) is 2.99. The van der Waals surface area contributed by atoms with Crippen LogP contribution in [0.4, 0.5) is 0 Å². The molecule has 3 aliphatic rings. The molecule has 68 valence electrons. The molecule has 1 nitrogen and oxygen atoms in total. The number of fused-ring (bicyclic) bond motifs is 6. The van der Waals surface area contributed by atoms with Crippen molar-refractivity contribution in [1.29, 1.82) is 0 Å². The van der Waals surface area contributed by atoms with Crippen molar-refractivity contribution in [3.63, 3.8) is 0 Å². The van der Waals surface area contributed by atoms with Crippen LogP contribution in [0.2, 0.25) is 0 Å². The minimum Gasteiger partial charge on any atom is -0.325 e. The van der Waals surface area contributed by atoms with Gasteiger partial charge in [0.1, 0.15) is 0 Å². The molecule has 0 aromatic carbocycles. The Kier molecular flexibility index (Phi) is 1.39. The van der Waals surface area contributed by atoms with Gasteiger partial charge in [0.2, 0.25) is 0 Å². The molecular weight excluding hydrogens is 146 g/mol. The first-order chi connectivity index (χ1) is 5.78. The van der Waals surface area contributed by atoms with E-state index < -0.39 is 0 Å². The van der Waals surface area contributed by atoms with E-state index in [0.29, 0.717) is 0 Å². The zero-order chi connectivity index (χ0) is 8.18. The van der Waals surface area contributed by atoms with Crippen molar-refractivity contribution in [2.75, 3.05) is 0 Å². The van der Waals surface area contributed by atoms with Crippen molar-refractivity contribution in [1.82, 2.24) is 0 Å². The lowest BCUT2D eigenvalue weighted by Gasteiger charge is -2.47. The standard InChI is InChI=1S/C11H19N/c12-11-5-1-2-9(7-11)8-3-4-10(11)6-8/h8-10H,1-7,12H2. The average molecular weight is 165 g/mol. The second-order valence-electron chi connectivity index (χ2n) is 5.36. The maximum absolute atomic E-state index is 6.48. The summed E-state index contributed by atoms with van der Waals surface area (Å²) >= 11 is 0. The van der Waals surface area contributed by atoms with Crippen LogP contribution in [0, 0.1) is 17.8 Å². The lowest BCUT2D eigenvalue weighted by molar-refractivity contribution is 0.0838.